The average Bonchev–Trinajstić information content (AvgIpc) is 2.95. The summed E-state index contributed by atoms with van der Waals surface area (Å²) >= 11 is 6.35. The number of alkyl halides is 2. The van der Waals surface area contributed by atoms with Gasteiger partial charge in [-0.25, -0.2) is 18.7 Å². The Hall–Kier alpha value is -2.30. The number of nitrogens with one attached hydrogen (secondary N) is 2. The van der Waals surface area contributed by atoms with E-state index < -0.39 is 18.3 Å². The van der Waals surface area contributed by atoms with Gasteiger partial charge in [0.15, 0.2) is 6.23 Å². The van der Waals surface area contributed by atoms with Gasteiger partial charge in [0.1, 0.15) is 23.5 Å². The number of nitrogens with zero attached hydrogens (tertiary/aromatic N) is 4. The van der Waals surface area contributed by atoms with Crippen LogP contribution < -0.4 is 10.6 Å². The van der Waals surface area contributed by atoms with E-state index in [-0.39, 0.29) is 23.2 Å². The van der Waals surface area contributed by atoms with Crippen molar-refractivity contribution in [3.05, 3.63) is 41.1 Å². The highest BCUT2D eigenvalue weighted by molar-refractivity contribution is 6.33. The average molecular weight is 413 g/mol. The largest absolute Gasteiger partial charge is 0.368 e. The Balaban J connectivity index is 1.59. The lowest BCUT2D eigenvalue weighted by molar-refractivity contribution is -0.117. The van der Waals surface area contributed by atoms with Gasteiger partial charge in [-0.05, 0) is 12.1 Å². The lowest BCUT2D eigenvalue weighted by atomic mass is 9.94. The van der Waals surface area contributed by atoms with Gasteiger partial charge in [0, 0.05) is 32.1 Å². The minimum Gasteiger partial charge on any atom is -0.368 e. The molecule has 3 aliphatic heterocycles. The third kappa shape index (κ3) is 3.31. The number of hydrogen-bond acceptors (Lipinski definition) is 7. The zero-order chi connectivity index (χ0) is 19.9. The first-order chi connectivity index (χ1) is 13.4. The fourth-order valence-electron chi connectivity index (χ4n) is 3.93. The molecule has 3 aliphatic rings. The highest BCUT2D eigenvalue weighted by Gasteiger charge is 2.54. The molecular weight excluding hydrogens is 394 g/mol. The number of amides is 1. The van der Waals surface area contributed by atoms with Gasteiger partial charge >= 0.3 is 0 Å². The number of rotatable bonds is 4. The van der Waals surface area contributed by atoms with Gasteiger partial charge in [-0.3, -0.25) is 9.69 Å². The van der Waals surface area contributed by atoms with Crippen molar-refractivity contribution in [2.24, 2.45) is 0 Å². The second-order valence-corrected chi connectivity index (χ2v) is 7.34. The predicted octanol–water partition coefficient (Wildman–Crippen LogP) is 1.04. The first-order valence-corrected chi connectivity index (χ1v) is 9.22. The maximum atomic E-state index is 12.7. The number of aliphatic hydroxyl groups excluding tert-OH is 1. The van der Waals surface area contributed by atoms with Crippen LogP contribution in [0.5, 0.6) is 0 Å². The van der Waals surface area contributed by atoms with E-state index in [4.69, 9.17) is 11.6 Å². The standard InChI is InChI=1S/C17H19ClF2N6O2/c18-10-7-11(23-13-1-4-21-9-22-13)16(28)26-14(10)15(27)24-17(26)2-5-25(6-3-17)8-12(19)20/h1,4,7,9,12,16,28H,2-3,5-6,8H2,(H,24,27)(H,21,22,23). The van der Waals surface area contributed by atoms with Crippen LogP contribution in [0.4, 0.5) is 14.6 Å². The summed E-state index contributed by atoms with van der Waals surface area (Å²) in [6.45, 7) is 0.435. The van der Waals surface area contributed by atoms with E-state index in [9.17, 15) is 18.7 Å². The molecule has 4 heterocycles. The van der Waals surface area contributed by atoms with Crippen LogP contribution in [-0.2, 0) is 4.79 Å². The summed E-state index contributed by atoms with van der Waals surface area (Å²) in [4.78, 5) is 23.7. The topological polar surface area (TPSA) is 93.6 Å². The molecule has 1 atom stereocenters. The monoisotopic (exact) mass is 412 g/mol. The molecule has 1 spiro atoms. The SMILES string of the molecule is O=C1NC2(CCN(CC(F)F)CC2)N2C1=C(Cl)C=C(Nc1ccncn1)C2O. The molecule has 1 aromatic heterocycles. The van der Waals surface area contributed by atoms with Crippen LogP contribution in [0.3, 0.4) is 0 Å². The maximum absolute atomic E-state index is 12.7. The van der Waals surface area contributed by atoms with Gasteiger partial charge in [-0.2, -0.15) is 0 Å². The Morgan fingerprint density at radius 3 is 2.82 bits per heavy atom. The number of allylic oxidation sites excluding steroid dienone is 2. The number of carbonyl (C=O) groups excluding carboxylic acids is 1. The van der Waals surface area contributed by atoms with E-state index in [0.717, 1.165) is 0 Å². The van der Waals surface area contributed by atoms with Crippen LogP contribution in [0.1, 0.15) is 12.8 Å². The number of likely N-dealkylation sites (tertiary alicyclic amines) is 1. The van der Waals surface area contributed by atoms with Crippen molar-refractivity contribution in [1.29, 1.82) is 0 Å². The van der Waals surface area contributed by atoms with E-state index >= 15 is 0 Å². The number of halogens is 3. The normalized spacial score (nSPS) is 24.5. The molecule has 0 radical (unpaired) electrons. The highest BCUT2D eigenvalue weighted by atomic mass is 35.5. The van der Waals surface area contributed by atoms with Crippen LogP contribution in [0.15, 0.2) is 41.1 Å². The zero-order valence-electron chi connectivity index (χ0n) is 14.8. The molecule has 150 valence electrons. The first-order valence-electron chi connectivity index (χ1n) is 8.84. The molecule has 0 aliphatic carbocycles. The Bertz CT molecular complexity index is 826. The summed E-state index contributed by atoms with van der Waals surface area (Å²) in [5.74, 6) is 0.0798. The van der Waals surface area contributed by atoms with Crippen molar-refractivity contribution in [2.75, 3.05) is 25.0 Å². The molecule has 11 heteroatoms. The summed E-state index contributed by atoms with van der Waals surface area (Å²) in [5.41, 5.74) is -0.333. The van der Waals surface area contributed by atoms with E-state index in [1.807, 2.05) is 0 Å². The lowest BCUT2D eigenvalue weighted by Crippen LogP contribution is -2.61. The molecule has 1 unspecified atom stereocenters. The van der Waals surface area contributed by atoms with E-state index in [1.165, 1.54) is 12.4 Å². The molecule has 0 saturated carbocycles. The van der Waals surface area contributed by atoms with Gasteiger partial charge in [-0.1, -0.05) is 11.6 Å². The number of aliphatic hydroxyl groups is 1. The number of aromatic nitrogens is 2. The molecule has 4 rings (SSSR count). The molecule has 2 saturated heterocycles. The second-order valence-electron chi connectivity index (χ2n) is 6.94. The van der Waals surface area contributed by atoms with Crippen molar-refractivity contribution in [3.63, 3.8) is 0 Å². The Morgan fingerprint density at radius 1 is 1.43 bits per heavy atom. The van der Waals surface area contributed by atoms with E-state index in [2.05, 4.69) is 20.6 Å². The van der Waals surface area contributed by atoms with Gasteiger partial charge in [0.25, 0.3) is 12.3 Å². The van der Waals surface area contributed by atoms with E-state index in [0.29, 0.717) is 37.4 Å². The molecule has 0 bridgehead atoms. The van der Waals surface area contributed by atoms with Crippen molar-refractivity contribution in [1.82, 2.24) is 25.1 Å². The number of anilines is 1. The van der Waals surface area contributed by atoms with Crippen molar-refractivity contribution in [2.45, 2.75) is 31.2 Å². The van der Waals surface area contributed by atoms with E-state index in [1.54, 1.807) is 22.1 Å². The molecule has 0 aromatic carbocycles. The molecular formula is C17H19ClF2N6O2. The number of carbonyl (C=O) groups is 1. The van der Waals surface area contributed by atoms with Crippen LogP contribution in [0.2, 0.25) is 0 Å². The first kappa shape index (κ1) is 19.0. The van der Waals surface area contributed by atoms with Crippen LogP contribution in [0.25, 0.3) is 0 Å². The lowest BCUT2D eigenvalue weighted by Gasteiger charge is -2.47. The minimum atomic E-state index is -2.41. The van der Waals surface area contributed by atoms with Crippen LogP contribution >= 0.6 is 11.6 Å². The molecule has 8 nitrogen and oxygen atoms in total. The molecule has 2 fully saturated rings. The fourth-order valence-corrected chi connectivity index (χ4v) is 4.23. The molecule has 1 aromatic rings. The molecule has 1 amide bonds. The minimum absolute atomic E-state index is 0.185. The maximum Gasteiger partial charge on any atom is 0.271 e. The highest BCUT2D eigenvalue weighted by Crippen LogP contribution is 2.42. The van der Waals surface area contributed by atoms with Crippen molar-refractivity contribution in [3.8, 4) is 0 Å². The fraction of sp³-hybridized carbons (Fsp3) is 0.471. The quantitative estimate of drug-likeness (QED) is 0.680. The van der Waals surface area contributed by atoms with Crippen molar-refractivity contribution >= 4 is 23.3 Å². The summed E-state index contributed by atoms with van der Waals surface area (Å²) in [6, 6.07) is 1.63. The smallest absolute Gasteiger partial charge is 0.271 e. The number of hydrogen-bond donors (Lipinski definition) is 3. The molecule has 3 N–H and O–H groups in total. The van der Waals surface area contributed by atoms with Crippen LogP contribution in [0, 0.1) is 0 Å². The number of fused-ring (bicyclic) bond motifs is 2. The zero-order valence-corrected chi connectivity index (χ0v) is 15.5. The van der Waals surface area contributed by atoms with Gasteiger partial charge in [-0.15, -0.1) is 0 Å². The third-order valence-electron chi connectivity index (χ3n) is 5.23. The Morgan fingerprint density at radius 2 is 2.18 bits per heavy atom. The summed E-state index contributed by atoms with van der Waals surface area (Å²) in [5, 5.41) is 17.1. The van der Waals surface area contributed by atoms with Crippen LogP contribution in [-0.4, -0.2) is 68.7 Å². The second kappa shape index (κ2) is 7.26. The molecule has 28 heavy (non-hydrogen) atoms. The Kier molecular flexibility index (Phi) is 4.94. The van der Waals surface area contributed by atoms with Crippen molar-refractivity contribution < 1.29 is 18.7 Å². The van der Waals surface area contributed by atoms with Gasteiger partial charge in [0.05, 0.1) is 17.3 Å². The summed E-state index contributed by atoms with van der Waals surface area (Å²) in [7, 11) is 0. The van der Waals surface area contributed by atoms with Gasteiger partial charge in [0.2, 0.25) is 0 Å². The number of piperidine rings is 1. The predicted molar refractivity (Wildman–Crippen MR) is 97.0 cm³/mol. The summed E-state index contributed by atoms with van der Waals surface area (Å²) < 4.78 is 25.4. The third-order valence-corrected chi connectivity index (χ3v) is 5.52. The Labute approximate surface area is 164 Å². The summed E-state index contributed by atoms with van der Waals surface area (Å²) in [6.07, 6.45) is 1.59. The van der Waals surface area contributed by atoms with Gasteiger partial charge < -0.3 is 20.6 Å².